The Hall–Kier alpha value is -4.14. The number of aromatic nitrogens is 1. The third kappa shape index (κ3) is 5.53. The van der Waals surface area contributed by atoms with Gasteiger partial charge in [0, 0.05) is 53.6 Å². The number of carbonyl (C=O) groups excluding carboxylic acids is 2. The van der Waals surface area contributed by atoms with Crippen LogP contribution < -0.4 is 25.0 Å². The van der Waals surface area contributed by atoms with Crippen molar-refractivity contribution < 1.29 is 23.5 Å². The second kappa shape index (κ2) is 11.3. The summed E-state index contributed by atoms with van der Waals surface area (Å²) in [6.07, 6.45) is 5.30. The zero-order chi connectivity index (χ0) is 27.5. The summed E-state index contributed by atoms with van der Waals surface area (Å²) in [6.45, 7) is 1.96. The van der Waals surface area contributed by atoms with E-state index >= 15 is 0 Å². The molecule has 39 heavy (non-hydrogen) atoms. The van der Waals surface area contributed by atoms with Gasteiger partial charge in [-0.25, -0.2) is 9.37 Å². The van der Waals surface area contributed by atoms with E-state index in [9.17, 15) is 14.0 Å². The number of pyridine rings is 1. The Kier molecular flexibility index (Phi) is 7.67. The number of anilines is 1. The van der Waals surface area contributed by atoms with Crippen LogP contribution in [0.3, 0.4) is 0 Å². The first-order valence-corrected chi connectivity index (χ1v) is 13.2. The van der Waals surface area contributed by atoms with Crippen molar-refractivity contribution in [3.05, 3.63) is 82.8 Å². The maximum atomic E-state index is 14.2. The number of hydrogen-bond donors (Lipinski definition) is 2. The van der Waals surface area contributed by atoms with Gasteiger partial charge in [-0.3, -0.25) is 9.59 Å². The number of benzene rings is 2. The van der Waals surface area contributed by atoms with E-state index in [0.717, 1.165) is 37.1 Å². The summed E-state index contributed by atoms with van der Waals surface area (Å²) in [5, 5.41) is 5.98. The van der Waals surface area contributed by atoms with Gasteiger partial charge < -0.3 is 25.0 Å². The van der Waals surface area contributed by atoms with Gasteiger partial charge in [0.25, 0.3) is 11.8 Å². The predicted octanol–water partition coefficient (Wildman–Crippen LogP) is 4.41. The van der Waals surface area contributed by atoms with Gasteiger partial charge in [-0.05, 0) is 62.9 Å². The number of fused-ring (bicyclic) bond motifs is 2. The molecule has 0 unspecified atom stereocenters. The number of methoxy groups -OCH3 is 2. The number of carbonyl (C=O) groups is 2. The maximum absolute atomic E-state index is 14.2. The highest BCUT2D eigenvalue weighted by atomic mass is 19.1. The van der Waals surface area contributed by atoms with E-state index in [1.165, 1.54) is 13.2 Å². The van der Waals surface area contributed by atoms with E-state index in [1.54, 1.807) is 31.5 Å². The Morgan fingerprint density at radius 2 is 1.79 bits per heavy atom. The van der Waals surface area contributed by atoms with Crippen LogP contribution in [0, 0.1) is 12.7 Å². The van der Waals surface area contributed by atoms with Gasteiger partial charge in [-0.1, -0.05) is 12.1 Å². The maximum Gasteiger partial charge on any atom is 0.253 e. The summed E-state index contributed by atoms with van der Waals surface area (Å²) in [4.78, 5) is 32.6. The zero-order valence-corrected chi connectivity index (χ0v) is 22.4. The minimum Gasteiger partial charge on any atom is -0.497 e. The van der Waals surface area contributed by atoms with Crippen molar-refractivity contribution in [1.82, 2.24) is 15.6 Å². The number of rotatable bonds is 8. The van der Waals surface area contributed by atoms with Crippen molar-refractivity contribution in [2.75, 3.05) is 19.1 Å². The summed E-state index contributed by atoms with van der Waals surface area (Å²) in [5.41, 5.74) is 2.26. The van der Waals surface area contributed by atoms with Crippen molar-refractivity contribution in [2.24, 2.45) is 0 Å². The molecule has 2 saturated heterocycles. The molecular formula is C30H33FN4O4. The van der Waals surface area contributed by atoms with E-state index in [-0.39, 0.29) is 36.5 Å². The third-order valence-corrected chi connectivity index (χ3v) is 7.79. The number of ether oxygens (including phenoxy) is 2. The number of hydrogen-bond acceptors (Lipinski definition) is 6. The number of amides is 2. The molecule has 3 aromatic rings. The van der Waals surface area contributed by atoms with E-state index in [4.69, 9.17) is 9.47 Å². The summed E-state index contributed by atoms with van der Waals surface area (Å²) >= 11 is 0. The molecule has 2 aromatic carbocycles. The lowest BCUT2D eigenvalue weighted by molar-refractivity contribution is 0.0923. The summed E-state index contributed by atoms with van der Waals surface area (Å²) in [7, 11) is 3.08. The Morgan fingerprint density at radius 3 is 2.44 bits per heavy atom. The van der Waals surface area contributed by atoms with Gasteiger partial charge in [0.15, 0.2) is 0 Å². The molecule has 2 fully saturated rings. The molecule has 0 aliphatic carbocycles. The van der Waals surface area contributed by atoms with E-state index < -0.39 is 5.82 Å². The molecule has 0 radical (unpaired) electrons. The first kappa shape index (κ1) is 26.5. The number of nitrogens with one attached hydrogen (secondary N) is 2. The van der Waals surface area contributed by atoms with Crippen LogP contribution in [0.2, 0.25) is 0 Å². The van der Waals surface area contributed by atoms with Crippen LogP contribution in [0.1, 0.15) is 57.5 Å². The molecular weight excluding hydrogens is 499 g/mol. The molecule has 3 heterocycles. The van der Waals surface area contributed by atoms with Crippen molar-refractivity contribution >= 4 is 17.6 Å². The highest BCUT2D eigenvalue weighted by Gasteiger charge is 2.42. The van der Waals surface area contributed by atoms with E-state index in [2.05, 4.69) is 20.5 Å². The van der Waals surface area contributed by atoms with Crippen LogP contribution in [0.4, 0.5) is 10.2 Å². The molecule has 2 N–H and O–H groups in total. The molecule has 5 rings (SSSR count). The highest BCUT2D eigenvalue weighted by molar-refractivity contribution is 5.96. The van der Waals surface area contributed by atoms with Gasteiger partial charge in [0.1, 0.15) is 23.1 Å². The van der Waals surface area contributed by atoms with Crippen molar-refractivity contribution in [2.45, 2.75) is 57.3 Å². The topological polar surface area (TPSA) is 92.8 Å². The van der Waals surface area contributed by atoms with Crippen LogP contribution in [-0.4, -0.2) is 49.1 Å². The molecule has 2 amide bonds. The van der Waals surface area contributed by atoms with Gasteiger partial charge >= 0.3 is 0 Å². The Morgan fingerprint density at radius 1 is 1.03 bits per heavy atom. The van der Waals surface area contributed by atoms with Crippen molar-refractivity contribution in [3.8, 4) is 11.5 Å². The lowest BCUT2D eigenvalue weighted by Gasteiger charge is -2.40. The van der Waals surface area contributed by atoms with Crippen LogP contribution in [0.25, 0.3) is 0 Å². The Labute approximate surface area is 227 Å². The lowest BCUT2D eigenvalue weighted by Crippen LogP contribution is -2.50. The highest BCUT2D eigenvalue weighted by Crippen LogP contribution is 2.38. The smallest absolute Gasteiger partial charge is 0.253 e. The van der Waals surface area contributed by atoms with Crippen LogP contribution in [-0.2, 0) is 6.54 Å². The Balaban J connectivity index is 1.19. The van der Waals surface area contributed by atoms with Crippen LogP contribution in [0.15, 0.2) is 54.7 Å². The van der Waals surface area contributed by atoms with Crippen LogP contribution in [0.5, 0.6) is 11.5 Å². The van der Waals surface area contributed by atoms with E-state index in [1.807, 2.05) is 31.2 Å². The SMILES string of the molecule is COc1ccc(CNC(=O)c2ccc(N3[C@@H]4CC[C@H]3C[C@@H](NC(=O)c3cccc(OC)c3C)C4)nc2)c(F)c1. The van der Waals surface area contributed by atoms with Crippen LogP contribution >= 0.6 is 0 Å². The molecule has 8 nitrogen and oxygen atoms in total. The summed E-state index contributed by atoms with van der Waals surface area (Å²) in [5.74, 6) is 1.13. The normalized spacial score (nSPS) is 19.9. The Bertz CT molecular complexity index is 1350. The monoisotopic (exact) mass is 532 g/mol. The average molecular weight is 533 g/mol. The molecule has 2 bridgehead atoms. The predicted molar refractivity (Wildman–Crippen MR) is 146 cm³/mol. The molecule has 204 valence electrons. The number of nitrogens with zero attached hydrogens (tertiary/aromatic N) is 2. The van der Waals surface area contributed by atoms with Crippen molar-refractivity contribution in [1.29, 1.82) is 0 Å². The number of halogens is 1. The van der Waals surface area contributed by atoms with Gasteiger partial charge in [-0.2, -0.15) is 0 Å². The minimum absolute atomic E-state index is 0.0646. The fourth-order valence-electron chi connectivity index (χ4n) is 5.76. The van der Waals surface area contributed by atoms with Crippen molar-refractivity contribution in [3.63, 3.8) is 0 Å². The zero-order valence-electron chi connectivity index (χ0n) is 22.4. The quantitative estimate of drug-likeness (QED) is 0.447. The second-order valence-corrected chi connectivity index (χ2v) is 10.1. The second-order valence-electron chi connectivity index (χ2n) is 10.1. The van der Waals surface area contributed by atoms with E-state index in [0.29, 0.717) is 28.2 Å². The van der Waals surface area contributed by atoms with Gasteiger partial charge in [-0.15, -0.1) is 0 Å². The molecule has 2 aliphatic heterocycles. The fraction of sp³-hybridized carbons (Fsp3) is 0.367. The lowest BCUT2D eigenvalue weighted by atomic mass is 9.96. The first-order valence-electron chi connectivity index (χ1n) is 13.2. The molecule has 0 spiro atoms. The molecule has 1 aromatic heterocycles. The fourth-order valence-corrected chi connectivity index (χ4v) is 5.76. The average Bonchev–Trinajstić information content (AvgIpc) is 3.22. The third-order valence-electron chi connectivity index (χ3n) is 7.79. The summed E-state index contributed by atoms with van der Waals surface area (Å²) in [6, 6.07) is 14.3. The standard InChI is InChI=1S/C30H33FN4O4/c1-18-25(5-4-6-27(18)39-3)30(37)34-21-13-22-9-10-23(14-21)35(22)28-12-8-20(17-32-28)29(36)33-16-19-7-11-24(38-2)15-26(19)31/h4-8,11-12,15,17,21-23H,9-10,13-14,16H2,1-3H3,(H,33,36)(H,34,37)/t21-,22+,23-. The molecule has 9 heteroatoms. The molecule has 2 aliphatic rings. The number of piperidine rings is 1. The largest absolute Gasteiger partial charge is 0.497 e. The van der Waals surface area contributed by atoms with Gasteiger partial charge in [0.05, 0.1) is 19.8 Å². The molecule has 0 saturated carbocycles. The summed E-state index contributed by atoms with van der Waals surface area (Å²) < 4.78 is 24.6. The molecule has 3 atom stereocenters. The minimum atomic E-state index is -0.434. The first-order chi connectivity index (χ1) is 18.9. The van der Waals surface area contributed by atoms with Gasteiger partial charge in [0.2, 0.25) is 0 Å².